The van der Waals surface area contributed by atoms with Gasteiger partial charge in [-0.05, 0) is 25.2 Å². The normalized spacial score (nSPS) is 17.0. The minimum Gasteiger partial charge on any atom is -0.348 e. The lowest BCUT2D eigenvalue weighted by Crippen LogP contribution is -2.33. The van der Waals surface area contributed by atoms with Gasteiger partial charge in [0.25, 0.3) is 15.0 Å². The number of carbonyl (C=O) groups excluding carboxylic acids is 1. The highest BCUT2D eigenvalue weighted by atomic mass is 35.7. The van der Waals surface area contributed by atoms with Gasteiger partial charge in [0.05, 0.1) is 5.69 Å². The van der Waals surface area contributed by atoms with Gasteiger partial charge >= 0.3 is 0 Å². The highest BCUT2D eigenvalue weighted by molar-refractivity contribution is 8.13. The number of aromatic amines is 1. The quantitative estimate of drug-likeness (QED) is 0.782. The first-order valence-corrected chi connectivity index (χ1v) is 9.34. The third-order valence-electron chi connectivity index (χ3n) is 3.55. The van der Waals surface area contributed by atoms with E-state index in [2.05, 4.69) is 15.5 Å². The third kappa shape index (κ3) is 3.97. The Kier molecular flexibility index (Phi) is 4.63. The Morgan fingerprint density at radius 2 is 2.05 bits per heavy atom. The lowest BCUT2D eigenvalue weighted by atomic mass is 10.1. The Labute approximate surface area is 129 Å². The molecule has 1 aliphatic rings. The van der Waals surface area contributed by atoms with Gasteiger partial charge in [0.15, 0.2) is 5.69 Å². The largest absolute Gasteiger partial charge is 0.348 e. The van der Waals surface area contributed by atoms with Crippen LogP contribution in [0.25, 0.3) is 0 Å². The van der Waals surface area contributed by atoms with E-state index in [1.165, 1.54) is 12.8 Å². The lowest BCUT2D eigenvalue weighted by molar-refractivity contribution is 0.0929. The molecule has 0 bridgehead atoms. The fraction of sp³-hybridized carbons (Fsp3) is 0.692. The molecule has 1 atom stereocenters. The number of carbonyl (C=O) groups is 1. The van der Waals surface area contributed by atoms with Gasteiger partial charge in [0, 0.05) is 16.7 Å². The third-order valence-corrected chi connectivity index (χ3v) is 4.91. The van der Waals surface area contributed by atoms with Gasteiger partial charge in [-0.1, -0.05) is 26.7 Å². The van der Waals surface area contributed by atoms with Gasteiger partial charge < -0.3 is 5.32 Å². The summed E-state index contributed by atoms with van der Waals surface area (Å²) in [6.07, 6.45) is 3.29. The van der Waals surface area contributed by atoms with Crippen LogP contribution in [0.15, 0.2) is 4.90 Å². The van der Waals surface area contributed by atoms with Crippen LogP contribution in [-0.4, -0.2) is 30.6 Å². The molecule has 1 saturated carbocycles. The smallest absolute Gasteiger partial charge is 0.273 e. The highest BCUT2D eigenvalue weighted by Gasteiger charge is 2.31. The van der Waals surface area contributed by atoms with E-state index < -0.39 is 15.0 Å². The molecule has 2 rings (SSSR count). The van der Waals surface area contributed by atoms with Crippen LogP contribution < -0.4 is 5.32 Å². The van der Waals surface area contributed by atoms with Crippen LogP contribution in [-0.2, 0) is 9.05 Å². The van der Waals surface area contributed by atoms with Gasteiger partial charge in [-0.3, -0.25) is 9.89 Å². The van der Waals surface area contributed by atoms with E-state index >= 15 is 0 Å². The number of halogens is 1. The fourth-order valence-corrected chi connectivity index (χ4v) is 3.72. The van der Waals surface area contributed by atoms with E-state index in [9.17, 15) is 13.2 Å². The number of nitrogens with one attached hydrogen (secondary N) is 2. The summed E-state index contributed by atoms with van der Waals surface area (Å²) in [6, 6.07) is -0.0184. The number of H-pyrrole nitrogens is 1. The molecule has 0 spiro atoms. The Morgan fingerprint density at radius 1 is 1.43 bits per heavy atom. The number of rotatable bonds is 6. The van der Waals surface area contributed by atoms with Gasteiger partial charge in [0.1, 0.15) is 4.90 Å². The predicted molar refractivity (Wildman–Crippen MR) is 80.0 cm³/mol. The van der Waals surface area contributed by atoms with Crippen molar-refractivity contribution in [3.05, 3.63) is 11.4 Å². The molecular weight excluding hydrogens is 314 g/mol. The zero-order valence-electron chi connectivity index (χ0n) is 12.3. The first-order chi connectivity index (χ1) is 9.70. The van der Waals surface area contributed by atoms with Crippen molar-refractivity contribution in [2.45, 2.75) is 56.9 Å². The van der Waals surface area contributed by atoms with Crippen LogP contribution in [0.4, 0.5) is 0 Å². The maximum absolute atomic E-state index is 12.2. The second-order valence-corrected chi connectivity index (χ2v) is 8.46. The second-order valence-electron chi connectivity index (χ2n) is 5.96. The maximum atomic E-state index is 12.2. The van der Waals surface area contributed by atoms with E-state index in [0.717, 1.165) is 6.42 Å². The van der Waals surface area contributed by atoms with Gasteiger partial charge in [-0.2, -0.15) is 5.10 Å². The summed E-state index contributed by atoms with van der Waals surface area (Å²) in [7, 11) is 1.42. The molecule has 0 saturated heterocycles. The summed E-state index contributed by atoms with van der Waals surface area (Å²) in [5.74, 6) is 0.0268. The van der Waals surface area contributed by atoms with Crippen molar-refractivity contribution in [3.63, 3.8) is 0 Å². The van der Waals surface area contributed by atoms with Crippen molar-refractivity contribution in [1.29, 1.82) is 0 Å². The summed E-state index contributed by atoms with van der Waals surface area (Å²) < 4.78 is 23.5. The first kappa shape index (κ1) is 16.3. The SMILES string of the molecule is CC(CC1CC1)NC(=O)c1n[nH]c(C(C)C)c1S(=O)(=O)Cl. The van der Waals surface area contributed by atoms with Crippen molar-refractivity contribution in [3.8, 4) is 0 Å². The molecule has 0 aliphatic heterocycles. The summed E-state index contributed by atoms with van der Waals surface area (Å²) in [5, 5.41) is 9.25. The van der Waals surface area contributed by atoms with Crippen molar-refractivity contribution < 1.29 is 13.2 Å². The van der Waals surface area contributed by atoms with Crippen LogP contribution in [0, 0.1) is 5.92 Å². The molecule has 6 nitrogen and oxygen atoms in total. The lowest BCUT2D eigenvalue weighted by Gasteiger charge is -2.12. The van der Waals surface area contributed by atoms with Crippen LogP contribution in [0.2, 0.25) is 0 Å². The second kappa shape index (κ2) is 5.96. The fourth-order valence-electron chi connectivity index (χ4n) is 2.34. The van der Waals surface area contributed by atoms with Crippen LogP contribution in [0.3, 0.4) is 0 Å². The van der Waals surface area contributed by atoms with Crippen LogP contribution >= 0.6 is 10.7 Å². The van der Waals surface area contributed by atoms with Gasteiger partial charge in [0.2, 0.25) is 0 Å². The maximum Gasteiger partial charge on any atom is 0.273 e. The zero-order valence-corrected chi connectivity index (χ0v) is 13.9. The Balaban J connectivity index is 2.24. The van der Waals surface area contributed by atoms with Crippen molar-refractivity contribution >= 4 is 25.6 Å². The van der Waals surface area contributed by atoms with Crippen LogP contribution in [0.1, 0.15) is 62.1 Å². The molecule has 1 fully saturated rings. The molecule has 1 heterocycles. The average Bonchev–Trinajstić information content (AvgIpc) is 3.01. The predicted octanol–water partition coefficient (Wildman–Crippen LogP) is 2.38. The van der Waals surface area contributed by atoms with Gasteiger partial charge in [-0.25, -0.2) is 8.42 Å². The Morgan fingerprint density at radius 3 is 2.52 bits per heavy atom. The van der Waals surface area contributed by atoms with Gasteiger partial charge in [-0.15, -0.1) is 0 Å². The van der Waals surface area contributed by atoms with E-state index in [4.69, 9.17) is 10.7 Å². The number of hydrogen-bond acceptors (Lipinski definition) is 4. The minimum atomic E-state index is -4.04. The van der Waals surface area contributed by atoms with E-state index in [-0.39, 0.29) is 22.5 Å². The Hall–Kier alpha value is -1.08. The van der Waals surface area contributed by atoms with Crippen LogP contribution in [0.5, 0.6) is 0 Å². The molecule has 1 aromatic heterocycles. The van der Waals surface area contributed by atoms with E-state index in [0.29, 0.717) is 11.6 Å². The molecule has 118 valence electrons. The molecule has 8 heteroatoms. The zero-order chi connectivity index (χ0) is 15.8. The summed E-state index contributed by atoms with van der Waals surface area (Å²) in [5.41, 5.74) is 0.196. The number of hydrogen-bond donors (Lipinski definition) is 2. The van der Waals surface area contributed by atoms with Crippen molar-refractivity contribution in [2.24, 2.45) is 5.92 Å². The first-order valence-electron chi connectivity index (χ1n) is 7.04. The molecule has 1 aliphatic carbocycles. The molecule has 1 unspecified atom stereocenters. The number of nitrogens with zero attached hydrogens (tertiary/aromatic N) is 1. The molecular formula is C13H20ClN3O3S. The summed E-state index contributed by atoms with van der Waals surface area (Å²) in [4.78, 5) is 12.0. The molecule has 1 amide bonds. The minimum absolute atomic E-state index is 0.0184. The molecule has 21 heavy (non-hydrogen) atoms. The summed E-state index contributed by atoms with van der Waals surface area (Å²) in [6.45, 7) is 5.51. The monoisotopic (exact) mass is 333 g/mol. The average molecular weight is 334 g/mol. The molecule has 0 aromatic carbocycles. The number of aromatic nitrogens is 2. The standard InChI is InChI=1S/C13H20ClN3O3S/c1-7(2)10-12(21(14,19)20)11(17-16-10)13(18)15-8(3)6-9-4-5-9/h7-9H,4-6H2,1-3H3,(H,15,18)(H,16,17). The Bertz CT molecular complexity index is 635. The number of amides is 1. The van der Waals surface area contributed by atoms with Crippen molar-refractivity contribution in [2.75, 3.05) is 0 Å². The molecule has 1 aromatic rings. The van der Waals surface area contributed by atoms with E-state index in [1.807, 2.05) is 6.92 Å². The topological polar surface area (TPSA) is 91.9 Å². The molecule has 0 radical (unpaired) electrons. The summed E-state index contributed by atoms with van der Waals surface area (Å²) >= 11 is 0. The molecule has 2 N–H and O–H groups in total. The van der Waals surface area contributed by atoms with Crippen molar-refractivity contribution in [1.82, 2.24) is 15.5 Å². The highest BCUT2D eigenvalue weighted by Crippen LogP contribution is 2.33. The van der Waals surface area contributed by atoms with E-state index in [1.54, 1.807) is 13.8 Å².